The molecule has 0 spiro atoms. The normalized spacial score (nSPS) is 26.3. The quantitative estimate of drug-likeness (QED) is 0.512. The second-order valence-corrected chi connectivity index (χ2v) is 8.97. The van der Waals surface area contributed by atoms with Gasteiger partial charge in [-0.15, -0.1) is 0 Å². The van der Waals surface area contributed by atoms with Gasteiger partial charge in [0.1, 0.15) is 5.75 Å². The van der Waals surface area contributed by atoms with Crippen molar-refractivity contribution in [1.29, 1.82) is 0 Å². The molecule has 2 N–H and O–H groups in total. The maximum absolute atomic E-state index is 6.09. The van der Waals surface area contributed by atoms with Crippen LogP contribution in [-0.2, 0) is 4.74 Å². The third kappa shape index (κ3) is 5.90. The van der Waals surface area contributed by atoms with Crippen molar-refractivity contribution in [1.82, 2.24) is 20.4 Å². The summed E-state index contributed by atoms with van der Waals surface area (Å²) in [6.45, 7) is 7.03. The molecule has 3 aliphatic heterocycles. The summed E-state index contributed by atoms with van der Waals surface area (Å²) in [6, 6.07) is 9.47. The number of methoxy groups -OCH3 is 1. The molecular formula is C24H39N5O2. The molecule has 3 saturated heterocycles. The number of nitrogens with zero attached hydrogens (tertiary/aromatic N) is 3. The standard InChI is InChI=1S/C24H39N5O2/c1-25-24(26-15-22-17-29-14-6-7-20(29)18-31-22)27-16-23(28-12-4-3-5-13-28)19-8-10-21(30-2)11-9-19/h8-11,20,22-23H,3-7,12-18H2,1-2H3,(H2,25,26,27). The molecule has 3 aliphatic rings. The average molecular weight is 430 g/mol. The number of guanidine groups is 1. The summed E-state index contributed by atoms with van der Waals surface area (Å²) < 4.78 is 11.4. The highest BCUT2D eigenvalue weighted by Crippen LogP contribution is 2.26. The van der Waals surface area contributed by atoms with Crippen LogP contribution in [0.3, 0.4) is 0 Å². The van der Waals surface area contributed by atoms with Gasteiger partial charge in [-0.1, -0.05) is 18.6 Å². The first-order valence-corrected chi connectivity index (χ1v) is 11.9. The molecule has 3 heterocycles. The molecular weight excluding hydrogens is 390 g/mol. The zero-order valence-electron chi connectivity index (χ0n) is 19.2. The Morgan fingerprint density at radius 3 is 2.68 bits per heavy atom. The fourth-order valence-corrected chi connectivity index (χ4v) is 5.15. The minimum Gasteiger partial charge on any atom is -0.497 e. The van der Waals surface area contributed by atoms with Crippen molar-refractivity contribution in [3.63, 3.8) is 0 Å². The molecule has 0 amide bonds. The van der Waals surface area contributed by atoms with Crippen molar-refractivity contribution in [2.45, 2.75) is 50.3 Å². The highest BCUT2D eigenvalue weighted by molar-refractivity contribution is 5.79. The van der Waals surface area contributed by atoms with E-state index in [-0.39, 0.29) is 6.10 Å². The SMILES string of the molecule is CN=C(NCC1CN2CCCC2CO1)NCC(c1ccc(OC)cc1)N1CCCCC1. The molecule has 1 aromatic rings. The van der Waals surface area contributed by atoms with E-state index in [0.717, 1.165) is 51.0 Å². The lowest BCUT2D eigenvalue weighted by Crippen LogP contribution is -2.52. The van der Waals surface area contributed by atoms with Crippen LogP contribution in [0.25, 0.3) is 0 Å². The first-order valence-electron chi connectivity index (χ1n) is 11.9. The van der Waals surface area contributed by atoms with Crippen molar-refractivity contribution in [2.75, 3.05) is 60.0 Å². The molecule has 0 radical (unpaired) electrons. The molecule has 7 nitrogen and oxygen atoms in total. The third-order valence-corrected chi connectivity index (χ3v) is 6.98. The second kappa shape index (κ2) is 11.2. The number of piperidine rings is 1. The van der Waals surface area contributed by atoms with Crippen LogP contribution in [0.5, 0.6) is 5.75 Å². The molecule has 3 atom stereocenters. The molecule has 3 fully saturated rings. The van der Waals surface area contributed by atoms with Crippen molar-refractivity contribution in [3.8, 4) is 5.75 Å². The van der Waals surface area contributed by atoms with E-state index in [1.165, 1.54) is 44.2 Å². The summed E-state index contributed by atoms with van der Waals surface area (Å²) >= 11 is 0. The lowest BCUT2D eigenvalue weighted by molar-refractivity contribution is -0.0453. The smallest absolute Gasteiger partial charge is 0.191 e. The van der Waals surface area contributed by atoms with Crippen molar-refractivity contribution >= 4 is 5.96 Å². The molecule has 4 rings (SSSR count). The Hall–Kier alpha value is -1.83. The van der Waals surface area contributed by atoms with Gasteiger partial charge >= 0.3 is 0 Å². The molecule has 3 unspecified atom stereocenters. The molecule has 0 saturated carbocycles. The zero-order chi connectivity index (χ0) is 21.5. The number of ether oxygens (including phenoxy) is 2. The summed E-state index contributed by atoms with van der Waals surface area (Å²) in [4.78, 5) is 9.65. The van der Waals surface area contributed by atoms with Gasteiger partial charge in [-0.25, -0.2) is 0 Å². The van der Waals surface area contributed by atoms with Gasteiger partial charge in [-0.2, -0.15) is 0 Å². The Bertz CT molecular complexity index is 704. The van der Waals surface area contributed by atoms with Crippen molar-refractivity contribution < 1.29 is 9.47 Å². The predicted octanol–water partition coefficient (Wildman–Crippen LogP) is 2.25. The van der Waals surface area contributed by atoms with Gasteiger partial charge in [0.15, 0.2) is 5.96 Å². The van der Waals surface area contributed by atoms with Crippen LogP contribution in [0.15, 0.2) is 29.3 Å². The highest BCUT2D eigenvalue weighted by atomic mass is 16.5. The summed E-state index contributed by atoms with van der Waals surface area (Å²) in [6.07, 6.45) is 6.70. The third-order valence-electron chi connectivity index (χ3n) is 6.98. The first kappa shape index (κ1) is 22.4. The minimum absolute atomic E-state index is 0.229. The second-order valence-electron chi connectivity index (χ2n) is 8.97. The van der Waals surface area contributed by atoms with E-state index in [9.17, 15) is 0 Å². The van der Waals surface area contributed by atoms with Gasteiger partial charge in [0, 0.05) is 32.7 Å². The molecule has 0 aromatic heterocycles. The summed E-state index contributed by atoms with van der Waals surface area (Å²) in [5.41, 5.74) is 1.32. The van der Waals surface area contributed by atoms with Crippen LogP contribution < -0.4 is 15.4 Å². The average Bonchev–Trinajstić information content (AvgIpc) is 3.30. The van der Waals surface area contributed by atoms with Crippen LogP contribution in [0, 0.1) is 0 Å². The van der Waals surface area contributed by atoms with E-state index in [2.05, 4.69) is 49.7 Å². The van der Waals surface area contributed by atoms with Gasteiger partial charge < -0.3 is 20.1 Å². The fourth-order valence-electron chi connectivity index (χ4n) is 5.15. The van der Waals surface area contributed by atoms with Gasteiger partial charge in [0.2, 0.25) is 0 Å². The zero-order valence-corrected chi connectivity index (χ0v) is 19.2. The Morgan fingerprint density at radius 1 is 1.13 bits per heavy atom. The van der Waals surface area contributed by atoms with E-state index >= 15 is 0 Å². The van der Waals surface area contributed by atoms with E-state index in [0.29, 0.717) is 12.1 Å². The molecule has 1 aromatic carbocycles. The Labute approximate surface area is 187 Å². The lowest BCUT2D eigenvalue weighted by atomic mass is 10.0. The maximum atomic E-state index is 6.09. The Kier molecular flexibility index (Phi) is 8.05. The largest absolute Gasteiger partial charge is 0.497 e. The topological polar surface area (TPSA) is 61.4 Å². The van der Waals surface area contributed by atoms with Crippen LogP contribution in [0.2, 0.25) is 0 Å². The summed E-state index contributed by atoms with van der Waals surface area (Å²) in [7, 11) is 3.56. The fraction of sp³-hybridized carbons (Fsp3) is 0.708. The van der Waals surface area contributed by atoms with Gasteiger partial charge in [-0.3, -0.25) is 14.8 Å². The summed E-state index contributed by atoms with van der Waals surface area (Å²) in [5.74, 6) is 1.75. The summed E-state index contributed by atoms with van der Waals surface area (Å²) in [5, 5.41) is 7.07. The number of nitrogens with one attached hydrogen (secondary N) is 2. The van der Waals surface area contributed by atoms with Crippen molar-refractivity contribution in [3.05, 3.63) is 29.8 Å². The van der Waals surface area contributed by atoms with Gasteiger partial charge in [0.25, 0.3) is 0 Å². The maximum Gasteiger partial charge on any atom is 0.191 e. The Balaban J connectivity index is 1.32. The number of hydrogen-bond acceptors (Lipinski definition) is 5. The van der Waals surface area contributed by atoms with E-state index in [1.807, 2.05) is 7.05 Å². The number of fused-ring (bicyclic) bond motifs is 1. The van der Waals surface area contributed by atoms with Crippen LogP contribution in [0.4, 0.5) is 0 Å². The Morgan fingerprint density at radius 2 is 1.94 bits per heavy atom. The van der Waals surface area contributed by atoms with Crippen LogP contribution in [0.1, 0.15) is 43.7 Å². The number of hydrogen-bond donors (Lipinski definition) is 2. The molecule has 0 bridgehead atoms. The van der Waals surface area contributed by atoms with Gasteiger partial charge in [0.05, 0.1) is 25.9 Å². The number of benzene rings is 1. The van der Waals surface area contributed by atoms with Crippen molar-refractivity contribution in [2.24, 2.45) is 4.99 Å². The highest BCUT2D eigenvalue weighted by Gasteiger charge is 2.32. The molecule has 0 aliphatic carbocycles. The number of rotatable bonds is 7. The number of aliphatic imine (C=N–C) groups is 1. The molecule has 31 heavy (non-hydrogen) atoms. The van der Waals surface area contributed by atoms with E-state index in [4.69, 9.17) is 9.47 Å². The van der Waals surface area contributed by atoms with Crippen LogP contribution in [-0.4, -0.2) is 87.9 Å². The minimum atomic E-state index is 0.229. The van der Waals surface area contributed by atoms with E-state index in [1.54, 1.807) is 7.11 Å². The number of likely N-dealkylation sites (tertiary alicyclic amines) is 1. The monoisotopic (exact) mass is 429 g/mol. The lowest BCUT2D eigenvalue weighted by Gasteiger charge is -2.36. The van der Waals surface area contributed by atoms with Crippen LogP contribution >= 0.6 is 0 Å². The predicted molar refractivity (Wildman–Crippen MR) is 125 cm³/mol. The van der Waals surface area contributed by atoms with Gasteiger partial charge in [-0.05, 0) is 63.0 Å². The first-order chi connectivity index (χ1) is 15.3. The van der Waals surface area contributed by atoms with E-state index < -0.39 is 0 Å². The molecule has 7 heteroatoms. The number of morpholine rings is 1. The molecule has 172 valence electrons.